The summed E-state index contributed by atoms with van der Waals surface area (Å²) in [6.07, 6.45) is -3.25. The molecule has 0 aliphatic rings. The average Bonchev–Trinajstić information content (AvgIpc) is 2.78. The Labute approximate surface area is 119 Å². The maximum atomic E-state index is 13.8. The molecule has 1 aromatic carbocycles. The Morgan fingerprint density at radius 1 is 1.25 bits per heavy atom. The number of hydrazine groups is 1. The molecule has 2 rings (SSSR count). The summed E-state index contributed by atoms with van der Waals surface area (Å²) in [4.78, 5) is 0. The maximum Gasteiger partial charge on any atom is 0.416 e. The number of benzene rings is 1. The maximum absolute atomic E-state index is 13.8. The van der Waals surface area contributed by atoms with Crippen molar-refractivity contribution in [3.63, 3.8) is 0 Å². The first-order valence-corrected chi connectivity index (χ1v) is 6.19. The summed E-state index contributed by atoms with van der Waals surface area (Å²) in [6, 6.07) is 2.62. The van der Waals surface area contributed by atoms with Crippen LogP contribution in [0, 0.1) is 5.82 Å². The number of furan rings is 1. The van der Waals surface area contributed by atoms with E-state index in [-0.39, 0.29) is 11.3 Å². The minimum atomic E-state index is -4.57. The number of hydrogen-bond donors (Lipinski definition) is 2. The first kappa shape index (κ1) is 15.0. The van der Waals surface area contributed by atoms with E-state index >= 15 is 0 Å². The van der Waals surface area contributed by atoms with Gasteiger partial charge in [0, 0.05) is 5.56 Å². The largest absolute Gasteiger partial charge is 0.466 e. The molecule has 0 radical (unpaired) electrons. The standard InChI is InChI=1S/C12H9BrF4N2O/c13-8-3-4-20-11(8)10(19-18)7-5-6(12(15,16)17)1-2-9(7)14/h1-5,10,19H,18H2. The molecule has 1 unspecified atom stereocenters. The molecule has 0 saturated heterocycles. The summed E-state index contributed by atoms with van der Waals surface area (Å²) in [5.41, 5.74) is 1.04. The van der Waals surface area contributed by atoms with E-state index < -0.39 is 23.6 Å². The van der Waals surface area contributed by atoms with E-state index in [1.54, 1.807) is 0 Å². The minimum absolute atomic E-state index is 0.186. The minimum Gasteiger partial charge on any atom is -0.466 e. The molecule has 2 aromatic rings. The van der Waals surface area contributed by atoms with Gasteiger partial charge in [-0.2, -0.15) is 13.2 Å². The first-order valence-electron chi connectivity index (χ1n) is 5.40. The summed E-state index contributed by atoms with van der Waals surface area (Å²) in [5, 5.41) is 0. The van der Waals surface area contributed by atoms with E-state index in [1.807, 2.05) is 0 Å². The summed E-state index contributed by atoms with van der Waals surface area (Å²) < 4.78 is 57.4. The van der Waals surface area contributed by atoms with Gasteiger partial charge in [0.25, 0.3) is 0 Å². The van der Waals surface area contributed by atoms with Crippen LogP contribution < -0.4 is 11.3 Å². The summed E-state index contributed by atoms with van der Waals surface area (Å²) in [5.74, 6) is 4.68. The number of nitrogens with two attached hydrogens (primary N) is 1. The van der Waals surface area contributed by atoms with E-state index in [2.05, 4.69) is 21.4 Å². The molecule has 0 aliphatic carbocycles. The topological polar surface area (TPSA) is 51.2 Å². The average molecular weight is 353 g/mol. The van der Waals surface area contributed by atoms with E-state index in [4.69, 9.17) is 10.3 Å². The smallest absolute Gasteiger partial charge is 0.416 e. The van der Waals surface area contributed by atoms with Gasteiger partial charge in [-0.1, -0.05) is 0 Å². The number of alkyl halides is 3. The lowest BCUT2D eigenvalue weighted by Gasteiger charge is -2.17. The van der Waals surface area contributed by atoms with Gasteiger partial charge in [-0.25, -0.2) is 9.82 Å². The lowest BCUT2D eigenvalue weighted by atomic mass is 10.0. The molecule has 0 aliphatic heterocycles. The summed E-state index contributed by atoms with van der Waals surface area (Å²) in [7, 11) is 0. The van der Waals surface area contributed by atoms with Crippen LogP contribution in [-0.2, 0) is 6.18 Å². The molecule has 0 saturated carbocycles. The second kappa shape index (κ2) is 5.55. The van der Waals surface area contributed by atoms with Crippen LogP contribution in [0.3, 0.4) is 0 Å². The molecule has 0 bridgehead atoms. The highest BCUT2D eigenvalue weighted by Crippen LogP contribution is 2.35. The molecule has 1 heterocycles. The first-order chi connectivity index (χ1) is 9.34. The van der Waals surface area contributed by atoms with E-state index in [9.17, 15) is 17.6 Å². The van der Waals surface area contributed by atoms with Crippen LogP contribution in [0.2, 0.25) is 0 Å². The fraction of sp³-hybridized carbons (Fsp3) is 0.167. The Bertz CT molecular complexity index is 612. The van der Waals surface area contributed by atoms with Crippen LogP contribution in [0.25, 0.3) is 0 Å². The lowest BCUT2D eigenvalue weighted by Crippen LogP contribution is -2.29. The molecule has 1 aromatic heterocycles. The number of halogens is 5. The fourth-order valence-corrected chi connectivity index (χ4v) is 2.19. The highest BCUT2D eigenvalue weighted by molar-refractivity contribution is 9.10. The molecule has 0 spiro atoms. The predicted octanol–water partition coefficient (Wildman–Crippen LogP) is 3.75. The van der Waals surface area contributed by atoms with Gasteiger partial charge < -0.3 is 4.42 Å². The summed E-state index contributed by atoms with van der Waals surface area (Å²) >= 11 is 3.15. The van der Waals surface area contributed by atoms with Crippen molar-refractivity contribution in [1.29, 1.82) is 0 Å². The second-order valence-corrected chi connectivity index (χ2v) is 4.82. The molecular formula is C12H9BrF4N2O. The molecule has 1 atom stereocenters. The number of rotatable bonds is 3. The molecule has 20 heavy (non-hydrogen) atoms. The highest BCUT2D eigenvalue weighted by Gasteiger charge is 2.32. The SMILES string of the molecule is NNC(c1cc(C(F)(F)F)ccc1F)c1occc1Br. The van der Waals surface area contributed by atoms with Gasteiger partial charge in [0.2, 0.25) is 0 Å². The number of hydrogen-bond acceptors (Lipinski definition) is 3. The predicted molar refractivity (Wildman–Crippen MR) is 67.0 cm³/mol. The van der Waals surface area contributed by atoms with Crippen LogP contribution in [0.5, 0.6) is 0 Å². The van der Waals surface area contributed by atoms with Crippen molar-refractivity contribution in [2.45, 2.75) is 12.2 Å². The lowest BCUT2D eigenvalue weighted by molar-refractivity contribution is -0.137. The van der Waals surface area contributed by atoms with Crippen LogP contribution in [0.1, 0.15) is 22.9 Å². The third kappa shape index (κ3) is 2.87. The van der Waals surface area contributed by atoms with Crippen molar-refractivity contribution in [2.24, 2.45) is 5.84 Å². The number of nitrogens with one attached hydrogen (secondary N) is 1. The van der Waals surface area contributed by atoms with Crippen molar-refractivity contribution in [3.05, 3.63) is 57.7 Å². The van der Waals surface area contributed by atoms with Gasteiger partial charge in [0.15, 0.2) is 0 Å². The third-order valence-corrected chi connectivity index (χ3v) is 3.36. The zero-order valence-electron chi connectivity index (χ0n) is 9.84. The Hall–Kier alpha value is -1.38. The monoisotopic (exact) mass is 352 g/mol. The molecule has 108 valence electrons. The molecule has 8 heteroatoms. The van der Waals surface area contributed by atoms with Crippen LogP contribution in [0.15, 0.2) is 39.4 Å². The van der Waals surface area contributed by atoms with Crippen LogP contribution in [0.4, 0.5) is 17.6 Å². The van der Waals surface area contributed by atoms with Gasteiger partial charge in [0.05, 0.1) is 16.3 Å². The van der Waals surface area contributed by atoms with Crippen molar-refractivity contribution < 1.29 is 22.0 Å². The van der Waals surface area contributed by atoms with Crippen LogP contribution in [-0.4, -0.2) is 0 Å². The van der Waals surface area contributed by atoms with Crippen molar-refractivity contribution in [2.75, 3.05) is 0 Å². The zero-order valence-corrected chi connectivity index (χ0v) is 11.4. The third-order valence-electron chi connectivity index (χ3n) is 2.71. The fourth-order valence-electron chi connectivity index (χ4n) is 1.76. The van der Waals surface area contributed by atoms with Gasteiger partial charge in [-0.15, -0.1) is 0 Å². The van der Waals surface area contributed by atoms with Gasteiger partial charge in [-0.05, 0) is 40.2 Å². The molecule has 0 amide bonds. The normalized spacial score (nSPS) is 13.5. The van der Waals surface area contributed by atoms with Crippen molar-refractivity contribution >= 4 is 15.9 Å². The Morgan fingerprint density at radius 2 is 1.95 bits per heavy atom. The van der Waals surface area contributed by atoms with Crippen molar-refractivity contribution in [3.8, 4) is 0 Å². The Kier molecular flexibility index (Phi) is 4.17. The zero-order chi connectivity index (χ0) is 14.9. The van der Waals surface area contributed by atoms with Crippen molar-refractivity contribution in [1.82, 2.24) is 5.43 Å². The van der Waals surface area contributed by atoms with Gasteiger partial charge in [0.1, 0.15) is 17.6 Å². The van der Waals surface area contributed by atoms with Crippen LogP contribution >= 0.6 is 15.9 Å². The highest BCUT2D eigenvalue weighted by atomic mass is 79.9. The second-order valence-electron chi connectivity index (χ2n) is 3.97. The van der Waals surface area contributed by atoms with E-state index in [0.717, 1.165) is 6.07 Å². The van der Waals surface area contributed by atoms with Gasteiger partial charge in [-0.3, -0.25) is 5.84 Å². The molecule has 3 nitrogen and oxygen atoms in total. The molecule has 3 N–H and O–H groups in total. The molecular weight excluding hydrogens is 344 g/mol. The van der Waals surface area contributed by atoms with E-state index in [1.165, 1.54) is 12.3 Å². The quantitative estimate of drug-likeness (QED) is 0.502. The van der Waals surface area contributed by atoms with E-state index in [0.29, 0.717) is 16.6 Å². The Balaban J connectivity index is 2.52. The summed E-state index contributed by atoms with van der Waals surface area (Å²) in [6.45, 7) is 0. The molecule has 0 fully saturated rings. The Morgan fingerprint density at radius 3 is 2.45 bits per heavy atom. The van der Waals surface area contributed by atoms with Gasteiger partial charge >= 0.3 is 6.18 Å².